The molecule has 1 aliphatic rings. The standard InChI is InChI=1S/C13H12BrFN2S/c14-8-3-4-10(15)9(5-8)13-17-12(7-1-2-7)11(6-16)18-13/h3-5,7H,1-2,6,16H2. The molecule has 1 aromatic heterocycles. The van der Waals surface area contributed by atoms with Gasteiger partial charge in [-0.25, -0.2) is 9.37 Å². The van der Waals surface area contributed by atoms with E-state index in [2.05, 4.69) is 20.9 Å². The van der Waals surface area contributed by atoms with Crippen LogP contribution in [-0.2, 0) is 6.54 Å². The van der Waals surface area contributed by atoms with Gasteiger partial charge in [-0.3, -0.25) is 0 Å². The molecule has 0 spiro atoms. The molecule has 2 N–H and O–H groups in total. The van der Waals surface area contributed by atoms with Crippen LogP contribution in [0.1, 0.15) is 29.3 Å². The normalized spacial score (nSPS) is 15.1. The summed E-state index contributed by atoms with van der Waals surface area (Å²) in [5.74, 6) is 0.307. The molecule has 5 heteroatoms. The van der Waals surface area contributed by atoms with Crippen LogP contribution in [0, 0.1) is 5.82 Å². The fourth-order valence-corrected chi connectivity index (χ4v) is 3.37. The summed E-state index contributed by atoms with van der Waals surface area (Å²) < 4.78 is 14.7. The second-order valence-electron chi connectivity index (χ2n) is 4.43. The van der Waals surface area contributed by atoms with Gasteiger partial charge < -0.3 is 5.73 Å². The number of hydrogen-bond acceptors (Lipinski definition) is 3. The Kier molecular flexibility index (Phi) is 3.21. The van der Waals surface area contributed by atoms with Crippen LogP contribution in [0.25, 0.3) is 10.6 Å². The minimum Gasteiger partial charge on any atom is -0.326 e. The molecule has 2 nitrogen and oxygen atoms in total. The first kappa shape index (κ1) is 12.3. The van der Waals surface area contributed by atoms with E-state index >= 15 is 0 Å². The van der Waals surface area contributed by atoms with Crippen molar-refractivity contribution in [2.45, 2.75) is 25.3 Å². The van der Waals surface area contributed by atoms with Gasteiger partial charge in [0.15, 0.2) is 0 Å². The highest BCUT2D eigenvalue weighted by Crippen LogP contribution is 2.44. The Morgan fingerprint density at radius 3 is 2.89 bits per heavy atom. The van der Waals surface area contributed by atoms with Crippen LogP contribution in [0.5, 0.6) is 0 Å². The maximum Gasteiger partial charge on any atom is 0.133 e. The number of aromatic nitrogens is 1. The quantitative estimate of drug-likeness (QED) is 0.924. The Balaban J connectivity index is 2.08. The van der Waals surface area contributed by atoms with Crippen molar-refractivity contribution in [1.29, 1.82) is 0 Å². The fraction of sp³-hybridized carbons (Fsp3) is 0.308. The molecular formula is C13H12BrFN2S. The van der Waals surface area contributed by atoms with Gasteiger partial charge in [-0.05, 0) is 31.0 Å². The summed E-state index contributed by atoms with van der Waals surface area (Å²) >= 11 is 4.87. The highest BCUT2D eigenvalue weighted by atomic mass is 79.9. The van der Waals surface area contributed by atoms with Crippen LogP contribution in [0.4, 0.5) is 4.39 Å². The zero-order valence-electron chi connectivity index (χ0n) is 9.62. The molecule has 3 rings (SSSR count). The topological polar surface area (TPSA) is 38.9 Å². The first-order chi connectivity index (χ1) is 8.69. The second kappa shape index (κ2) is 4.72. The minimum atomic E-state index is -0.238. The van der Waals surface area contributed by atoms with Gasteiger partial charge in [-0.2, -0.15) is 0 Å². The lowest BCUT2D eigenvalue weighted by molar-refractivity contribution is 0.631. The SMILES string of the molecule is NCc1sc(-c2cc(Br)ccc2F)nc1C1CC1. The Morgan fingerprint density at radius 2 is 2.22 bits per heavy atom. The second-order valence-corrected chi connectivity index (χ2v) is 6.43. The molecule has 2 aromatic rings. The number of nitrogens with two attached hydrogens (primary N) is 1. The van der Waals surface area contributed by atoms with Gasteiger partial charge in [0, 0.05) is 27.4 Å². The smallest absolute Gasteiger partial charge is 0.133 e. The van der Waals surface area contributed by atoms with Crippen LogP contribution < -0.4 is 5.73 Å². The fourth-order valence-electron chi connectivity index (χ4n) is 1.96. The van der Waals surface area contributed by atoms with E-state index < -0.39 is 0 Å². The Morgan fingerprint density at radius 1 is 1.44 bits per heavy atom. The third-order valence-electron chi connectivity index (χ3n) is 3.04. The summed E-state index contributed by atoms with van der Waals surface area (Å²) in [5.41, 5.74) is 7.38. The molecule has 1 saturated carbocycles. The number of rotatable bonds is 3. The van der Waals surface area contributed by atoms with Gasteiger partial charge >= 0.3 is 0 Å². The molecule has 0 bridgehead atoms. The number of thiazole rings is 1. The summed E-state index contributed by atoms with van der Waals surface area (Å²) in [6.45, 7) is 0.485. The summed E-state index contributed by atoms with van der Waals surface area (Å²) in [6.07, 6.45) is 2.36. The third kappa shape index (κ3) is 2.22. The first-order valence-electron chi connectivity index (χ1n) is 5.84. The predicted octanol–water partition coefficient (Wildman–Crippen LogP) is 4.05. The monoisotopic (exact) mass is 326 g/mol. The lowest BCUT2D eigenvalue weighted by atomic mass is 10.2. The largest absolute Gasteiger partial charge is 0.326 e. The lowest BCUT2D eigenvalue weighted by Gasteiger charge is -1.99. The van der Waals surface area contributed by atoms with Crippen molar-refractivity contribution in [1.82, 2.24) is 4.98 Å². The van der Waals surface area contributed by atoms with E-state index in [1.54, 1.807) is 12.1 Å². The summed E-state index contributed by atoms with van der Waals surface area (Å²) in [4.78, 5) is 5.68. The molecule has 1 aromatic carbocycles. The summed E-state index contributed by atoms with van der Waals surface area (Å²) in [5, 5.41) is 0.733. The molecule has 0 unspecified atom stereocenters. The summed E-state index contributed by atoms with van der Waals surface area (Å²) in [6, 6.07) is 4.92. The average molecular weight is 327 g/mol. The zero-order valence-corrected chi connectivity index (χ0v) is 12.0. The van der Waals surface area contributed by atoms with Crippen molar-refractivity contribution < 1.29 is 4.39 Å². The van der Waals surface area contributed by atoms with E-state index in [4.69, 9.17) is 5.73 Å². The van der Waals surface area contributed by atoms with Gasteiger partial charge in [0.1, 0.15) is 10.8 Å². The highest BCUT2D eigenvalue weighted by Gasteiger charge is 2.29. The van der Waals surface area contributed by atoms with Gasteiger partial charge in [0.25, 0.3) is 0 Å². The van der Waals surface area contributed by atoms with Crippen molar-refractivity contribution in [3.05, 3.63) is 39.1 Å². The van der Waals surface area contributed by atoms with E-state index in [-0.39, 0.29) is 5.82 Å². The minimum absolute atomic E-state index is 0.238. The molecule has 1 heterocycles. The van der Waals surface area contributed by atoms with Crippen LogP contribution in [0.2, 0.25) is 0 Å². The van der Waals surface area contributed by atoms with E-state index in [1.165, 1.54) is 30.2 Å². The molecule has 0 saturated heterocycles. The van der Waals surface area contributed by atoms with Crippen LogP contribution in [0.15, 0.2) is 22.7 Å². The Hall–Kier alpha value is -0.780. The maximum absolute atomic E-state index is 13.8. The van der Waals surface area contributed by atoms with Crippen molar-refractivity contribution in [2.24, 2.45) is 5.73 Å². The molecule has 94 valence electrons. The molecule has 1 aliphatic carbocycles. The van der Waals surface area contributed by atoms with Crippen LogP contribution >= 0.6 is 27.3 Å². The molecule has 1 fully saturated rings. The van der Waals surface area contributed by atoms with Gasteiger partial charge in [-0.15, -0.1) is 11.3 Å². The van der Waals surface area contributed by atoms with Crippen molar-refractivity contribution >= 4 is 27.3 Å². The summed E-state index contributed by atoms with van der Waals surface area (Å²) in [7, 11) is 0. The number of hydrogen-bond donors (Lipinski definition) is 1. The number of benzene rings is 1. The van der Waals surface area contributed by atoms with Gasteiger partial charge in [0.2, 0.25) is 0 Å². The number of halogens is 2. The van der Waals surface area contributed by atoms with Crippen LogP contribution in [0.3, 0.4) is 0 Å². The molecule has 0 aliphatic heterocycles. The van der Waals surface area contributed by atoms with Gasteiger partial charge in [-0.1, -0.05) is 15.9 Å². The highest BCUT2D eigenvalue weighted by molar-refractivity contribution is 9.10. The predicted molar refractivity (Wildman–Crippen MR) is 75.1 cm³/mol. The molecular weight excluding hydrogens is 315 g/mol. The molecule has 18 heavy (non-hydrogen) atoms. The van der Waals surface area contributed by atoms with Crippen LogP contribution in [-0.4, -0.2) is 4.98 Å². The Bertz CT molecular complexity index is 593. The van der Waals surface area contributed by atoms with Gasteiger partial charge in [0.05, 0.1) is 5.69 Å². The van der Waals surface area contributed by atoms with Crippen molar-refractivity contribution in [3.8, 4) is 10.6 Å². The van der Waals surface area contributed by atoms with Crippen molar-refractivity contribution in [2.75, 3.05) is 0 Å². The van der Waals surface area contributed by atoms with E-state index in [0.29, 0.717) is 18.0 Å². The lowest BCUT2D eigenvalue weighted by Crippen LogP contribution is -1.96. The zero-order chi connectivity index (χ0) is 12.7. The van der Waals surface area contributed by atoms with E-state index in [0.717, 1.165) is 20.1 Å². The number of nitrogens with zero attached hydrogens (tertiary/aromatic N) is 1. The first-order valence-corrected chi connectivity index (χ1v) is 7.45. The average Bonchev–Trinajstić information content (AvgIpc) is 3.12. The molecule has 0 amide bonds. The Labute approximate surface area is 117 Å². The molecule has 0 radical (unpaired) electrons. The van der Waals surface area contributed by atoms with E-state index in [9.17, 15) is 4.39 Å². The van der Waals surface area contributed by atoms with E-state index in [1.807, 2.05) is 0 Å². The maximum atomic E-state index is 13.8. The molecule has 0 atom stereocenters. The third-order valence-corrected chi connectivity index (χ3v) is 4.66. The van der Waals surface area contributed by atoms with Crippen molar-refractivity contribution in [3.63, 3.8) is 0 Å².